The third kappa shape index (κ3) is 3.29. The molecule has 4 heteroatoms. The standard InChI is InChI=1S/C15H11F2NO/c1-10-4-13(16)2-3-15(10)19-9-12-5-11(8-18)6-14(17)7-12/h2-7H,9H2,1H3. The highest BCUT2D eigenvalue weighted by Gasteiger charge is 2.04. The van der Waals surface area contributed by atoms with Crippen LogP contribution in [-0.4, -0.2) is 0 Å². The molecule has 0 amide bonds. The molecule has 0 spiro atoms. The lowest BCUT2D eigenvalue weighted by Crippen LogP contribution is -1.98. The SMILES string of the molecule is Cc1cc(F)ccc1OCc1cc(F)cc(C#N)c1. The van der Waals surface area contributed by atoms with Gasteiger partial charge in [0.15, 0.2) is 0 Å². The van der Waals surface area contributed by atoms with E-state index in [0.29, 0.717) is 16.9 Å². The molecule has 0 heterocycles. The second-order valence-corrected chi connectivity index (χ2v) is 4.16. The Kier molecular flexibility index (Phi) is 3.76. The lowest BCUT2D eigenvalue weighted by atomic mass is 10.1. The third-order valence-electron chi connectivity index (χ3n) is 2.62. The summed E-state index contributed by atoms with van der Waals surface area (Å²) in [6.07, 6.45) is 0. The van der Waals surface area contributed by atoms with E-state index in [1.54, 1.807) is 13.0 Å². The summed E-state index contributed by atoms with van der Waals surface area (Å²) in [7, 11) is 0. The van der Waals surface area contributed by atoms with Crippen molar-refractivity contribution in [2.75, 3.05) is 0 Å². The van der Waals surface area contributed by atoms with Crippen molar-refractivity contribution < 1.29 is 13.5 Å². The molecule has 2 aromatic rings. The summed E-state index contributed by atoms with van der Waals surface area (Å²) < 4.78 is 31.6. The minimum atomic E-state index is -0.478. The Morgan fingerprint density at radius 3 is 2.58 bits per heavy atom. The van der Waals surface area contributed by atoms with Crippen molar-refractivity contribution >= 4 is 0 Å². The van der Waals surface area contributed by atoms with Crippen LogP contribution in [-0.2, 0) is 6.61 Å². The number of ether oxygens (including phenoxy) is 1. The molecule has 0 aromatic heterocycles. The molecule has 2 rings (SSSR count). The number of halogens is 2. The molecule has 96 valence electrons. The molecule has 0 aliphatic rings. The molecule has 0 saturated heterocycles. The van der Waals surface area contributed by atoms with Gasteiger partial charge in [0.05, 0.1) is 11.6 Å². The van der Waals surface area contributed by atoms with Crippen LogP contribution in [0.4, 0.5) is 8.78 Å². The first kappa shape index (κ1) is 13.0. The van der Waals surface area contributed by atoms with E-state index in [1.807, 2.05) is 6.07 Å². The number of hydrogen-bond donors (Lipinski definition) is 0. The maximum Gasteiger partial charge on any atom is 0.124 e. The molecule has 0 saturated carbocycles. The van der Waals surface area contributed by atoms with Gasteiger partial charge >= 0.3 is 0 Å². The smallest absolute Gasteiger partial charge is 0.124 e. The first-order valence-electron chi connectivity index (χ1n) is 5.67. The normalized spacial score (nSPS) is 10.0. The van der Waals surface area contributed by atoms with Gasteiger partial charge < -0.3 is 4.74 Å². The zero-order valence-electron chi connectivity index (χ0n) is 10.3. The summed E-state index contributed by atoms with van der Waals surface area (Å²) in [4.78, 5) is 0. The molecule has 0 bridgehead atoms. The summed E-state index contributed by atoms with van der Waals surface area (Å²) in [5.74, 6) is -0.278. The number of rotatable bonds is 3. The first-order chi connectivity index (χ1) is 9.08. The van der Waals surface area contributed by atoms with Crippen LogP contribution in [0.1, 0.15) is 16.7 Å². The summed E-state index contributed by atoms with van der Waals surface area (Å²) >= 11 is 0. The largest absolute Gasteiger partial charge is 0.489 e. The second kappa shape index (κ2) is 5.49. The van der Waals surface area contributed by atoms with E-state index in [-0.39, 0.29) is 18.0 Å². The number of benzene rings is 2. The van der Waals surface area contributed by atoms with Crippen LogP contribution in [0.2, 0.25) is 0 Å². The average molecular weight is 259 g/mol. The Morgan fingerprint density at radius 2 is 1.89 bits per heavy atom. The van der Waals surface area contributed by atoms with E-state index in [1.165, 1.54) is 24.3 Å². The molecule has 19 heavy (non-hydrogen) atoms. The van der Waals surface area contributed by atoms with Crippen LogP contribution in [0.5, 0.6) is 5.75 Å². The Hall–Kier alpha value is -2.41. The van der Waals surface area contributed by atoms with Crippen molar-refractivity contribution in [1.29, 1.82) is 5.26 Å². The minimum Gasteiger partial charge on any atom is -0.489 e. The molecule has 0 unspecified atom stereocenters. The zero-order chi connectivity index (χ0) is 13.8. The van der Waals surface area contributed by atoms with Crippen LogP contribution >= 0.6 is 0 Å². The highest BCUT2D eigenvalue weighted by molar-refractivity contribution is 5.35. The maximum absolute atomic E-state index is 13.2. The van der Waals surface area contributed by atoms with Crippen LogP contribution in [0.25, 0.3) is 0 Å². The summed E-state index contributed by atoms with van der Waals surface area (Å²) in [6, 6.07) is 10.1. The van der Waals surface area contributed by atoms with Gasteiger partial charge in [-0.05, 0) is 54.4 Å². The third-order valence-corrected chi connectivity index (χ3v) is 2.62. The minimum absolute atomic E-state index is 0.124. The molecule has 0 radical (unpaired) electrons. The summed E-state index contributed by atoms with van der Waals surface area (Å²) in [6.45, 7) is 1.85. The number of nitriles is 1. The first-order valence-corrected chi connectivity index (χ1v) is 5.67. The van der Waals surface area contributed by atoms with Gasteiger partial charge in [0, 0.05) is 0 Å². The lowest BCUT2D eigenvalue weighted by molar-refractivity contribution is 0.303. The summed E-state index contributed by atoms with van der Waals surface area (Å²) in [5, 5.41) is 8.75. The number of aryl methyl sites for hydroxylation is 1. The van der Waals surface area contributed by atoms with Crippen molar-refractivity contribution in [3.05, 3.63) is 64.7 Å². The summed E-state index contributed by atoms with van der Waals surface area (Å²) in [5.41, 5.74) is 1.46. The van der Waals surface area contributed by atoms with Gasteiger partial charge in [0.2, 0.25) is 0 Å². The van der Waals surface area contributed by atoms with Gasteiger partial charge in [-0.15, -0.1) is 0 Å². The van der Waals surface area contributed by atoms with Crippen molar-refractivity contribution in [2.24, 2.45) is 0 Å². The van der Waals surface area contributed by atoms with Crippen LogP contribution in [0.3, 0.4) is 0 Å². The monoisotopic (exact) mass is 259 g/mol. The van der Waals surface area contributed by atoms with Crippen molar-refractivity contribution in [1.82, 2.24) is 0 Å². The van der Waals surface area contributed by atoms with E-state index in [2.05, 4.69) is 0 Å². The van der Waals surface area contributed by atoms with Crippen molar-refractivity contribution in [3.63, 3.8) is 0 Å². The fourth-order valence-corrected chi connectivity index (χ4v) is 1.73. The van der Waals surface area contributed by atoms with Crippen LogP contribution < -0.4 is 4.74 Å². The Morgan fingerprint density at radius 1 is 1.11 bits per heavy atom. The van der Waals surface area contributed by atoms with Gasteiger partial charge in [0.1, 0.15) is 24.0 Å². The zero-order valence-corrected chi connectivity index (χ0v) is 10.3. The lowest BCUT2D eigenvalue weighted by Gasteiger charge is -2.09. The second-order valence-electron chi connectivity index (χ2n) is 4.16. The molecule has 2 nitrogen and oxygen atoms in total. The van der Waals surface area contributed by atoms with Crippen LogP contribution in [0, 0.1) is 29.9 Å². The van der Waals surface area contributed by atoms with Crippen LogP contribution in [0.15, 0.2) is 36.4 Å². The highest BCUT2D eigenvalue weighted by atomic mass is 19.1. The van der Waals surface area contributed by atoms with E-state index < -0.39 is 5.82 Å². The average Bonchev–Trinajstić information content (AvgIpc) is 2.37. The molecular weight excluding hydrogens is 248 g/mol. The fourth-order valence-electron chi connectivity index (χ4n) is 1.73. The van der Waals surface area contributed by atoms with Gasteiger partial charge in [-0.3, -0.25) is 0 Å². The Labute approximate surface area is 109 Å². The molecule has 0 aliphatic carbocycles. The molecule has 2 aromatic carbocycles. The van der Waals surface area contributed by atoms with Crippen molar-refractivity contribution in [2.45, 2.75) is 13.5 Å². The number of hydrogen-bond acceptors (Lipinski definition) is 2. The maximum atomic E-state index is 13.2. The Balaban J connectivity index is 2.14. The van der Waals surface area contributed by atoms with Gasteiger partial charge in [-0.1, -0.05) is 0 Å². The Bertz CT molecular complexity index is 647. The number of nitrogens with zero attached hydrogens (tertiary/aromatic N) is 1. The van der Waals surface area contributed by atoms with E-state index >= 15 is 0 Å². The van der Waals surface area contributed by atoms with Gasteiger partial charge in [0.25, 0.3) is 0 Å². The van der Waals surface area contributed by atoms with Gasteiger partial charge in [-0.2, -0.15) is 5.26 Å². The molecule has 0 N–H and O–H groups in total. The quantitative estimate of drug-likeness (QED) is 0.841. The molecule has 0 atom stereocenters. The van der Waals surface area contributed by atoms with E-state index in [0.717, 1.165) is 6.07 Å². The predicted molar refractivity (Wildman–Crippen MR) is 66.6 cm³/mol. The predicted octanol–water partition coefficient (Wildman–Crippen LogP) is 3.72. The van der Waals surface area contributed by atoms with E-state index in [4.69, 9.17) is 10.00 Å². The topological polar surface area (TPSA) is 33.0 Å². The molecule has 0 aliphatic heterocycles. The highest BCUT2D eigenvalue weighted by Crippen LogP contribution is 2.20. The fraction of sp³-hybridized carbons (Fsp3) is 0.133. The van der Waals surface area contributed by atoms with Crippen molar-refractivity contribution in [3.8, 4) is 11.8 Å². The van der Waals surface area contributed by atoms with E-state index in [9.17, 15) is 8.78 Å². The molecular formula is C15H11F2NO. The molecule has 0 fully saturated rings. The van der Waals surface area contributed by atoms with Gasteiger partial charge in [-0.25, -0.2) is 8.78 Å².